The zero-order valence-electron chi connectivity index (χ0n) is 13.4. The summed E-state index contributed by atoms with van der Waals surface area (Å²) in [7, 11) is -2.05. The lowest BCUT2D eigenvalue weighted by Gasteiger charge is -2.15. The largest absolute Gasteiger partial charge is 0.497 e. The average molecular weight is 335 g/mol. The lowest BCUT2D eigenvalue weighted by Crippen LogP contribution is -2.26. The maximum atomic E-state index is 12.4. The third-order valence-electron chi connectivity index (χ3n) is 3.39. The molecule has 0 aliphatic heterocycles. The minimum Gasteiger partial charge on any atom is -0.497 e. The molecule has 0 fully saturated rings. The van der Waals surface area contributed by atoms with Crippen molar-refractivity contribution in [3.05, 3.63) is 54.1 Å². The van der Waals surface area contributed by atoms with Gasteiger partial charge in [0.15, 0.2) is 0 Å². The fraction of sp³-hybridized carbons (Fsp3) is 0.294. The molecule has 0 unspecified atom stereocenters. The van der Waals surface area contributed by atoms with Gasteiger partial charge in [0.05, 0.1) is 18.6 Å². The first-order valence-corrected chi connectivity index (χ1v) is 8.83. The van der Waals surface area contributed by atoms with Crippen molar-refractivity contribution in [2.75, 3.05) is 13.7 Å². The summed E-state index contributed by atoms with van der Waals surface area (Å²) in [5.74, 6) is 1.38. The van der Waals surface area contributed by atoms with Crippen LogP contribution in [0, 0.1) is 0 Å². The van der Waals surface area contributed by atoms with Crippen LogP contribution in [0.25, 0.3) is 0 Å². The van der Waals surface area contributed by atoms with Gasteiger partial charge in [-0.3, -0.25) is 0 Å². The molecular weight excluding hydrogens is 314 g/mol. The predicted octanol–water partition coefficient (Wildman–Crippen LogP) is 3.13. The second kappa shape index (κ2) is 7.48. The quantitative estimate of drug-likeness (QED) is 0.844. The summed E-state index contributed by atoms with van der Waals surface area (Å²) < 4.78 is 37.9. The second-order valence-corrected chi connectivity index (χ2v) is 6.73. The number of hydrogen-bond donors (Lipinski definition) is 1. The van der Waals surface area contributed by atoms with E-state index in [-0.39, 0.29) is 10.9 Å². The zero-order chi connectivity index (χ0) is 16.9. The molecule has 0 aliphatic rings. The van der Waals surface area contributed by atoms with Crippen LogP contribution in [0.5, 0.6) is 11.5 Å². The first kappa shape index (κ1) is 17.3. The Balaban J connectivity index is 2.12. The molecule has 0 bridgehead atoms. The standard InChI is InChI=1S/C17H21NO4S/c1-4-22-16-7-5-14(6-8-16)13(2)18-23(19,20)17-11-9-15(21-3)10-12-17/h5-13,18H,4H2,1-3H3/t13-/m1/s1. The maximum Gasteiger partial charge on any atom is 0.241 e. The van der Waals surface area contributed by atoms with E-state index in [1.54, 1.807) is 19.1 Å². The van der Waals surface area contributed by atoms with Crippen molar-refractivity contribution in [2.45, 2.75) is 24.8 Å². The number of ether oxygens (including phenoxy) is 2. The Bertz CT molecular complexity index is 724. The summed E-state index contributed by atoms with van der Waals surface area (Å²) in [6.45, 7) is 4.31. The molecule has 1 N–H and O–H groups in total. The lowest BCUT2D eigenvalue weighted by molar-refractivity contribution is 0.340. The summed E-state index contributed by atoms with van der Waals surface area (Å²) >= 11 is 0. The number of methoxy groups -OCH3 is 1. The van der Waals surface area contributed by atoms with Crippen LogP contribution in [0.2, 0.25) is 0 Å². The highest BCUT2D eigenvalue weighted by Crippen LogP contribution is 2.21. The monoisotopic (exact) mass is 335 g/mol. The van der Waals surface area contributed by atoms with Crippen LogP contribution in [0.3, 0.4) is 0 Å². The Morgan fingerprint density at radius 1 is 1.00 bits per heavy atom. The van der Waals surface area contributed by atoms with Crippen molar-refractivity contribution in [3.63, 3.8) is 0 Å². The van der Waals surface area contributed by atoms with Crippen molar-refractivity contribution in [1.82, 2.24) is 4.72 Å². The number of rotatable bonds is 7. The highest BCUT2D eigenvalue weighted by Gasteiger charge is 2.18. The number of hydrogen-bond acceptors (Lipinski definition) is 4. The van der Waals surface area contributed by atoms with Gasteiger partial charge in [0.25, 0.3) is 0 Å². The molecule has 6 heteroatoms. The van der Waals surface area contributed by atoms with Gasteiger partial charge in [-0.2, -0.15) is 0 Å². The molecule has 2 aromatic rings. The molecule has 1 atom stereocenters. The van der Waals surface area contributed by atoms with E-state index >= 15 is 0 Å². The Morgan fingerprint density at radius 3 is 2.09 bits per heavy atom. The Hall–Kier alpha value is -2.05. The van der Waals surface area contributed by atoms with E-state index in [4.69, 9.17) is 9.47 Å². The molecule has 0 heterocycles. The molecule has 0 spiro atoms. The van der Waals surface area contributed by atoms with Crippen molar-refractivity contribution in [3.8, 4) is 11.5 Å². The minimum absolute atomic E-state index is 0.205. The molecule has 0 aromatic heterocycles. The van der Waals surface area contributed by atoms with Crippen LogP contribution in [-0.4, -0.2) is 22.1 Å². The second-order valence-electron chi connectivity index (χ2n) is 5.02. The van der Waals surface area contributed by atoms with Crippen LogP contribution < -0.4 is 14.2 Å². The molecular formula is C17H21NO4S. The molecule has 0 saturated heterocycles. The molecule has 124 valence electrons. The van der Waals surface area contributed by atoms with Crippen molar-refractivity contribution >= 4 is 10.0 Å². The summed E-state index contributed by atoms with van der Waals surface area (Å²) in [4.78, 5) is 0.205. The van der Waals surface area contributed by atoms with Gasteiger partial charge in [-0.15, -0.1) is 0 Å². The van der Waals surface area contributed by atoms with Gasteiger partial charge >= 0.3 is 0 Å². The zero-order valence-corrected chi connectivity index (χ0v) is 14.3. The molecule has 0 aliphatic carbocycles. The van der Waals surface area contributed by atoms with E-state index in [9.17, 15) is 8.42 Å². The summed E-state index contributed by atoms with van der Waals surface area (Å²) in [6.07, 6.45) is 0. The van der Waals surface area contributed by atoms with Gasteiger partial charge in [-0.1, -0.05) is 12.1 Å². The van der Waals surface area contributed by atoms with E-state index in [1.165, 1.54) is 19.2 Å². The number of sulfonamides is 1. The highest BCUT2D eigenvalue weighted by molar-refractivity contribution is 7.89. The minimum atomic E-state index is -3.59. The third kappa shape index (κ3) is 4.46. The average Bonchev–Trinajstić information content (AvgIpc) is 2.55. The van der Waals surface area contributed by atoms with Crippen LogP contribution in [0.15, 0.2) is 53.4 Å². The first-order valence-electron chi connectivity index (χ1n) is 7.35. The van der Waals surface area contributed by atoms with Crippen LogP contribution in [0.4, 0.5) is 0 Å². The fourth-order valence-corrected chi connectivity index (χ4v) is 3.38. The summed E-state index contributed by atoms with van der Waals surface area (Å²) in [6, 6.07) is 13.3. The van der Waals surface area contributed by atoms with E-state index in [0.29, 0.717) is 12.4 Å². The van der Waals surface area contributed by atoms with Crippen LogP contribution in [-0.2, 0) is 10.0 Å². The lowest BCUT2D eigenvalue weighted by atomic mass is 10.1. The molecule has 2 rings (SSSR count). The molecule has 23 heavy (non-hydrogen) atoms. The topological polar surface area (TPSA) is 64.6 Å². The van der Waals surface area contributed by atoms with Gasteiger partial charge in [0.2, 0.25) is 10.0 Å². The first-order chi connectivity index (χ1) is 11.0. The Kier molecular flexibility index (Phi) is 5.63. The molecule has 5 nitrogen and oxygen atoms in total. The predicted molar refractivity (Wildman–Crippen MR) is 89.3 cm³/mol. The van der Waals surface area contributed by atoms with E-state index in [2.05, 4.69) is 4.72 Å². The van der Waals surface area contributed by atoms with Gasteiger partial charge in [-0.25, -0.2) is 13.1 Å². The number of nitrogens with one attached hydrogen (secondary N) is 1. The highest BCUT2D eigenvalue weighted by atomic mass is 32.2. The van der Waals surface area contributed by atoms with E-state index in [0.717, 1.165) is 11.3 Å². The normalized spacial score (nSPS) is 12.7. The fourth-order valence-electron chi connectivity index (χ4n) is 2.14. The smallest absolute Gasteiger partial charge is 0.241 e. The number of benzene rings is 2. The van der Waals surface area contributed by atoms with Gasteiger partial charge in [0, 0.05) is 6.04 Å². The van der Waals surface area contributed by atoms with Gasteiger partial charge < -0.3 is 9.47 Å². The summed E-state index contributed by atoms with van der Waals surface area (Å²) in [5.41, 5.74) is 0.866. The molecule has 0 radical (unpaired) electrons. The van der Waals surface area contributed by atoms with Crippen LogP contribution in [0.1, 0.15) is 25.5 Å². The molecule has 0 amide bonds. The summed E-state index contributed by atoms with van der Waals surface area (Å²) in [5, 5.41) is 0. The van der Waals surface area contributed by atoms with Crippen LogP contribution >= 0.6 is 0 Å². The van der Waals surface area contributed by atoms with E-state index in [1.807, 2.05) is 31.2 Å². The van der Waals surface area contributed by atoms with Gasteiger partial charge in [0.1, 0.15) is 11.5 Å². The van der Waals surface area contributed by atoms with Gasteiger partial charge in [-0.05, 0) is 55.8 Å². The van der Waals surface area contributed by atoms with Crippen molar-refractivity contribution < 1.29 is 17.9 Å². The Labute approximate surface area is 137 Å². The molecule has 2 aromatic carbocycles. The van der Waals surface area contributed by atoms with E-state index < -0.39 is 10.0 Å². The SMILES string of the molecule is CCOc1ccc([C@@H](C)NS(=O)(=O)c2ccc(OC)cc2)cc1. The van der Waals surface area contributed by atoms with Crippen molar-refractivity contribution in [2.24, 2.45) is 0 Å². The molecule has 0 saturated carbocycles. The third-order valence-corrected chi connectivity index (χ3v) is 4.95. The maximum absolute atomic E-state index is 12.4. The Morgan fingerprint density at radius 2 is 1.57 bits per heavy atom. The van der Waals surface area contributed by atoms with Crippen molar-refractivity contribution in [1.29, 1.82) is 0 Å².